The SMILES string of the molecule is CC(C)(C)OC(=O)NC/C(=C\F)COc1ccc(S(=O)C[C@@H]2CCOC2)cc1. The predicted molar refractivity (Wildman–Crippen MR) is 106 cm³/mol. The fraction of sp³-hybridized carbons (Fsp3) is 0.550. The minimum atomic E-state index is -1.08. The van der Waals surface area contributed by atoms with Gasteiger partial charge >= 0.3 is 6.09 Å². The number of nitrogens with one attached hydrogen (secondary N) is 1. The highest BCUT2D eigenvalue weighted by Gasteiger charge is 2.19. The number of hydrogen-bond acceptors (Lipinski definition) is 5. The summed E-state index contributed by atoms with van der Waals surface area (Å²) in [7, 11) is -1.08. The van der Waals surface area contributed by atoms with Crippen molar-refractivity contribution in [3.63, 3.8) is 0 Å². The fourth-order valence-electron chi connectivity index (χ4n) is 2.51. The van der Waals surface area contributed by atoms with Crippen LogP contribution in [0.3, 0.4) is 0 Å². The first-order valence-electron chi connectivity index (χ1n) is 9.21. The molecule has 0 aliphatic carbocycles. The molecule has 1 aliphatic heterocycles. The molecule has 6 nitrogen and oxygen atoms in total. The van der Waals surface area contributed by atoms with Crippen molar-refractivity contribution in [1.29, 1.82) is 0 Å². The molecule has 1 aromatic rings. The summed E-state index contributed by atoms with van der Waals surface area (Å²) in [6.45, 7) is 6.62. The standard InChI is InChI=1S/C20H28FNO5S/c1-20(2,3)27-19(23)22-11-16(10-21)13-26-17-4-6-18(7-5-17)28(24)14-15-8-9-25-12-15/h4-7,10,15H,8-9,11-14H2,1-3H3,(H,22,23)/b16-10+/t15-,28?/m1/s1. The van der Waals surface area contributed by atoms with Crippen LogP contribution in [-0.4, -0.2) is 48.0 Å². The zero-order chi connectivity index (χ0) is 20.6. The summed E-state index contributed by atoms with van der Waals surface area (Å²) in [5.74, 6) is 1.46. The van der Waals surface area contributed by atoms with Gasteiger partial charge in [0.25, 0.3) is 0 Å². The van der Waals surface area contributed by atoms with Gasteiger partial charge in [-0.15, -0.1) is 0 Å². The lowest BCUT2D eigenvalue weighted by molar-refractivity contribution is 0.0531. The number of hydrogen-bond donors (Lipinski definition) is 1. The van der Waals surface area contributed by atoms with Gasteiger partial charge in [-0.25, -0.2) is 9.18 Å². The number of halogens is 1. The second-order valence-electron chi connectivity index (χ2n) is 7.62. The summed E-state index contributed by atoms with van der Waals surface area (Å²) < 4.78 is 41.4. The van der Waals surface area contributed by atoms with Gasteiger partial charge in [-0.05, 0) is 57.4 Å². The molecule has 1 heterocycles. The third kappa shape index (κ3) is 7.98. The van der Waals surface area contributed by atoms with Gasteiger partial charge in [0.15, 0.2) is 0 Å². The van der Waals surface area contributed by atoms with Gasteiger partial charge in [-0.3, -0.25) is 4.21 Å². The minimum absolute atomic E-state index is 0.0169. The molecule has 28 heavy (non-hydrogen) atoms. The van der Waals surface area contributed by atoms with Crippen LogP contribution in [0.15, 0.2) is 41.1 Å². The summed E-state index contributed by atoms with van der Waals surface area (Å²) in [6.07, 6.45) is 0.735. The monoisotopic (exact) mass is 413 g/mol. The van der Waals surface area contributed by atoms with E-state index >= 15 is 0 Å². The van der Waals surface area contributed by atoms with Gasteiger partial charge in [0.2, 0.25) is 0 Å². The van der Waals surface area contributed by atoms with E-state index in [1.165, 1.54) is 0 Å². The van der Waals surface area contributed by atoms with Gasteiger partial charge in [-0.1, -0.05) is 0 Å². The summed E-state index contributed by atoms with van der Waals surface area (Å²) in [4.78, 5) is 12.3. The van der Waals surface area contributed by atoms with Crippen molar-refractivity contribution in [2.75, 3.05) is 32.1 Å². The molecule has 1 unspecified atom stereocenters. The molecule has 1 amide bonds. The third-order valence-electron chi connectivity index (χ3n) is 3.93. The topological polar surface area (TPSA) is 73.9 Å². The fourth-order valence-corrected chi connectivity index (χ4v) is 3.83. The van der Waals surface area contributed by atoms with Crippen LogP contribution in [0.4, 0.5) is 9.18 Å². The van der Waals surface area contributed by atoms with Crippen molar-refractivity contribution in [2.24, 2.45) is 5.92 Å². The number of benzene rings is 1. The van der Waals surface area contributed by atoms with Crippen LogP contribution in [0.25, 0.3) is 0 Å². The van der Waals surface area contributed by atoms with E-state index in [2.05, 4.69) is 5.32 Å². The van der Waals surface area contributed by atoms with Crippen LogP contribution in [0.2, 0.25) is 0 Å². The molecule has 156 valence electrons. The normalized spacial score (nSPS) is 18.6. The zero-order valence-electron chi connectivity index (χ0n) is 16.5. The van der Waals surface area contributed by atoms with Gasteiger partial charge in [0.1, 0.15) is 18.0 Å². The van der Waals surface area contributed by atoms with E-state index < -0.39 is 22.5 Å². The molecule has 2 atom stereocenters. The van der Waals surface area contributed by atoms with Crippen LogP contribution in [-0.2, 0) is 20.3 Å². The molecule has 0 aromatic heterocycles. The maximum atomic E-state index is 13.0. The molecule has 0 bridgehead atoms. The number of alkyl carbamates (subject to hydrolysis) is 1. The molecule has 1 saturated heterocycles. The van der Waals surface area contributed by atoms with Crippen LogP contribution < -0.4 is 10.1 Å². The Bertz CT molecular complexity index is 694. The second-order valence-corrected chi connectivity index (χ2v) is 9.12. The minimum Gasteiger partial charge on any atom is -0.489 e. The Hall–Kier alpha value is -1.93. The van der Waals surface area contributed by atoms with E-state index in [0.29, 0.717) is 30.4 Å². The summed E-state index contributed by atoms with van der Waals surface area (Å²) in [5, 5.41) is 2.48. The van der Waals surface area contributed by atoms with Crippen LogP contribution in [0.1, 0.15) is 27.2 Å². The number of rotatable bonds is 8. The molecule has 0 saturated carbocycles. The smallest absolute Gasteiger partial charge is 0.407 e. The van der Waals surface area contributed by atoms with Crippen molar-refractivity contribution < 1.29 is 27.6 Å². The molecule has 2 rings (SSSR count). The molecule has 0 radical (unpaired) electrons. The Morgan fingerprint density at radius 2 is 2.07 bits per heavy atom. The van der Waals surface area contributed by atoms with Gasteiger partial charge in [0.05, 0.1) is 23.7 Å². The Balaban J connectivity index is 1.77. The van der Waals surface area contributed by atoms with E-state index in [0.717, 1.165) is 17.9 Å². The quantitative estimate of drug-likeness (QED) is 0.705. The van der Waals surface area contributed by atoms with Crippen LogP contribution in [0.5, 0.6) is 5.75 Å². The highest BCUT2D eigenvalue weighted by molar-refractivity contribution is 7.85. The lowest BCUT2D eigenvalue weighted by Crippen LogP contribution is -2.34. The van der Waals surface area contributed by atoms with Gasteiger partial charge < -0.3 is 19.5 Å². The molecular weight excluding hydrogens is 385 g/mol. The predicted octanol–water partition coefficient (Wildman–Crippen LogP) is 3.59. The number of carbonyl (C=O) groups excluding carboxylic acids is 1. The Labute approximate surface area is 167 Å². The molecule has 0 spiro atoms. The number of ether oxygens (including phenoxy) is 3. The summed E-state index contributed by atoms with van der Waals surface area (Å²) in [5.41, 5.74) is -0.355. The average molecular weight is 414 g/mol. The zero-order valence-corrected chi connectivity index (χ0v) is 17.4. The largest absolute Gasteiger partial charge is 0.489 e. The Morgan fingerprint density at radius 3 is 2.64 bits per heavy atom. The van der Waals surface area contributed by atoms with Gasteiger partial charge in [-0.2, -0.15) is 0 Å². The van der Waals surface area contributed by atoms with E-state index in [1.54, 1.807) is 45.0 Å². The first-order chi connectivity index (χ1) is 13.3. The summed E-state index contributed by atoms with van der Waals surface area (Å²) >= 11 is 0. The van der Waals surface area contributed by atoms with Crippen LogP contribution >= 0.6 is 0 Å². The van der Waals surface area contributed by atoms with E-state index in [1.807, 2.05) is 0 Å². The van der Waals surface area contributed by atoms with E-state index in [-0.39, 0.29) is 18.7 Å². The Kier molecular flexibility index (Phi) is 8.44. The van der Waals surface area contributed by atoms with Crippen LogP contribution in [0, 0.1) is 5.92 Å². The first kappa shape index (κ1) is 22.4. The lowest BCUT2D eigenvalue weighted by atomic mass is 10.2. The Morgan fingerprint density at radius 1 is 1.36 bits per heavy atom. The molecule has 1 aliphatic rings. The molecule has 8 heteroatoms. The van der Waals surface area contributed by atoms with Crippen molar-refractivity contribution in [3.8, 4) is 5.75 Å². The van der Waals surface area contributed by atoms with Crippen molar-refractivity contribution in [1.82, 2.24) is 5.32 Å². The number of amides is 1. The first-order valence-corrected chi connectivity index (χ1v) is 10.5. The summed E-state index contributed by atoms with van der Waals surface area (Å²) in [6, 6.07) is 6.91. The van der Waals surface area contributed by atoms with E-state index in [4.69, 9.17) is 14.2 Å². The average Bonchev–Trinajstić information content (AvgIpc) is 3.14. The lowest BCUT2D eigenvalue weighted by Gasteiger charge is -2.20. The highest BCUT2D eigenvalue weighted by Crippen LogP contribution is 2.20. The van der Waals surface area contributed by atoms with Crippen molar-refractivity contribution >= 4 is 16.9 Å². The maximum absolute atomic E-state index is 13.0. The highest BCUT2D eigenvalue weighted by atomic mass is 32.2. The van der Waals surface area contributed by atoms with Crippen molar-refractivity contribution in [3.05, 3.63) is 36.2 Å². The van der Waals surface area contributed by atoms with Gasteiger partial charge in [0, 0.05) is 29.4 Å². The van der Waals surface area contributed by atoms with Crippen molar-refractivity contribution in [2.45, 2.75) is 37.7 Å². The third-order valence-corrected chi connectivity index (χ3v) is 5.51. The molecule has 1 N–H and O–H groups in total. The van der Waals surface area contributed by atoms with E-state index in [9.17, 15) is 13.4 Å². The second kappa shape index (κ2) is 10.6. The maximum Gasteiger partial charge on any atom is 0.407 e. The molecule has 1 fully saturated rings. The molecule has 1 aromatic carbocycles. The number of carbonyl (C=O) groups is 1. The molecular formula is C20H28FNO5S.